The number of rotatable bonds is 6. The standard InChI is InChI=1S/C13H17FN2O/c14-6-1-7-16-8-13(9-16)15-12-4-2-11(10-17)3-5-12/h2-5,10,13,15H,1,6-9H2. The SMILES string of the molecule is O=Cc1ccc(NC2CN(CCCF)C2)cc1. The maximum absolute atomic E-state index is 12.0. The van der Waals surface area contributed by atoms with Crippen LogP contribution in [0.1, 0.15) is 16.8 Å². The molecule has 3 nitrogen and oxygen atoms in total. The van der Waals surface area contributed by atoms with Crippen molar-refractivity contribution < 1.29 is 9.18 Å². The predicted octanol–water partition coefficient (Wildman–Crippen LogP) is 1.95. The molecule has 1 fully saturated rings. The van der Waals surface area contributed by atoms with Gasteiger partial charge in [0.2, 0.25) is 0 Å². The van der Waals surface area contributed by atoms with Crippen LogP contribution in [0.5, 0.6) is 0 Å². The molecule has 0 saturated carbocycles. The summed E-state index contributed by atoms with van der Waals surface area (Å²) in [5.74, 6) is 0. The van der Waals surface area contributed by atoms with Gasteiger partial charge in [-0.25, -0.2) is 0 Å². The number of halogens is 1. The molecule has 0 amide bonds. The molecule has 2 rings (SSSR count). The maximum atomic E-state index is 12.0. The molecule has 1 aliphatic rings. The Bertz CT molecular complexity index is 360. The largest absolute Gasteiger partial charge is 0.380 e. The molecule has 17 heavy (non-hydrogen) atoms. The lowest BCUT2D eigenvalue weighted by Gasteiger charge is -2.40. The van der Waals surface area contributed by atoms with Gasteiger partial charge in [-0.3, -0.25) is 14.1 Å². The first-order chi connectivity index (χ1) is 8.31. The van der Waals surface area contributed by atoms with Crippen LogP contribution >= 0.6 is 0 Å². The molecule has 0 spiro atoms. The Hall–Kier alpha value is -1.42. The third kappa shape index (κ3) is 3.27. The average Bonchev–Trinajstić information content (AvgIpc) is 2.32. The molecule has 0 aromatic heterocycles. The Morgan fingerprint density at radius 1 is 1.35 bits per heavy atom. The van der Waals surface area contributed by atoms with E-state index < -0.39 is 0 Å². The van der Waals surface area contributed by atoms with Crippen LogP contribution in [0.4, 0.5) is 10.1 Å². The zero-order valence-corrected chi connectivity index (χ0v) is 9.73. The minimum atomic E-state index is -0.234. The number of carbonyl (C=O) groups excluding carboxylic acids is 1. The van der Waals surface area contributed by atoms with Gasteiger partial charge in [0.15, 0.2) is 0 Å². The summed E-state index contributed by atoms with van der Waals surface area (Å²) in [7, 11) is 0. The van der Waals surface area contributed by atoms with E-state index in [1.54, 1.807) is 12.1 Å². The van der Waals surface area contributed by atoms with Crippen molar-refractivity contribution in [2.75, 3.05) is 31.6 Å². The lowest BCUT2D eigenvalue weighted by molar-refractivity contribution is 0.112. The van der Waals surface area contributed by atoms with Crippen molar-refractivity contribution in [3.8, 4) is 0 Å². The van der Waals surface area contributed by atoms with Crippen molar-refractivity contribution in [1.82, 2.24) is 4.90 Å². The van der Waals surface area contributed by atoms with Crippen molar-refractivity contribution in [2.24, 2.45) is 0 Å². The van der Waals surface area contributed by atoms with Crippen molar-refractivity contribution in [3.05, 3.63) is 29.8 Å². The normalized spacial score (nSPS) is 16.5. The Balaban J connectivity index is 1.73. The smallest absolute Gasteiger partial charge is 0.150 e. The molecular weight excluding hydrogens is 219 g/mol. The van der Waals surface area contributed by atoms with Crippen LogP contribution in [0.2, 0.25) is 0 Å². The van der Waals surface area contributed by atoms with Gasteiger partial charge in [-0.1, -0.05) is 0 Å². The topological polar surface area (TPSA) is 32.3 Å². The summed E-state index contributed by atoms with van der Waals surface area (Å²) in [6, 6.07) is 7.86. The lowest BCUT2D eigenvalue weighted by atomic mass is 10.1. The summed E-state index contributed by atoms with van der Waals surface area (Å²) in [6.45, 7) is 2.55. The second kappa shape index (κ2) is 5.77. The Morgan fingerprint density at radius 2 is 2.06 bits per heavy atom. The number of aldehydes is 1. The van der Waals surface area contributed by atoms with E-state index >= 15 is 0 Å². The Labute approximate surface area is 101 Å². The number of alkyl halides is 1. The molecule has 0 unspecified atom stereocenters. The summed E-state index contributed by atoms with van der Waals surface area (Å²) in [6.07, 6.45) is 1.46. The summed E-state index contributed by atoms with van der Waals surface area (Å²) in [5.41, 5.74) is 1.72. The van der Waals surface area contributed by atoms with Crippen LogP contribution in [-0.2, 0) is 0 Å². The first-order valence-electron chi connectivity index (χ1n) is 5.92. The first-order valence-corrected chi connectivity index (χ1v) is 5.92. The molecule has 92 valence electrons. The lowest BCUT2D eigenvalue weighted by Crippen LogP contribution is -2.54. The van der Waals surface area contributed by atoms with Gasteiger partial charge in [0.1, 0.15) is 6.29 Å². The number of anilines is 1. The van der Waals surface area contributed by atoms with E-state index in [4.69, 9.17) is 0 Å². The summed E-state index contributed by atoms with van der Waals surface area (Å²) in [4.78, 5) is 12.7. The van der Waals surface area contributed by atoms with Gasteiger partial charge in [0.25, 0.3) is 0 Å². The van der Waals surface area contributed by atoms with Gasteiger partial charge in [-0.2, -0.15) is 0 Å². The zero-order valence-electron chi connectivity index (χ0n) is 9.73. The highest BCUT2D eigenvalue weighted by Gasteiger charge is 2.25. The predicted molar refractivity (Wildman–Crippen MR) is 66.3 cm³/mol. The van der Waals surface area contributed by atoms with E-state index in [2.05, 4.69) is 10.2 Å². The molecule has 0 bridgehead atoms. The quantitative estimate of drug-likeness (QED) is 0.766. The molecule has 1 aromatic rings. The molecule has 0 radical (unpaired) electrons. The van der Waals surface area contributed by atoms with E-state index in [0.717, 1.165) is 31.6 Å². The van der Waals surface area contributed by atoms with Crippen LogP contribution in [0, 0.1) is 0 Å². The van der Waals surface area contributed by atoms with Gasteiger partial charge in [0.05, 0.1) is 12.7 Å². The van der Waals surface area contributed by atoms with Crippen LogP contribution in [0.25, 0.3) is 0 Å². The second-order valence-electron chi connectivity index (χ2n) is 4.38. The molecule has 1 saturated heterocycles. The highest BCUT2D eigenvalue weighted by atomic mass is 19.1. The second-order valence-corrected chi connectivity index (χ2v) is 4.38. The number of likely N-dealkylation sites (tertiary alicyclic amines) is 1. The number of hydrogen-bond donors (Lipinski definition) is 1. The van der Waals surface area contributed by atoms with Gasteiger partial charge in [0, 0.05) is 30.9 Å². The van der Waals surface area contributed by atoms with Crippen molar-refractivity contribution in [3.63, 3.8) is 0 Å². The van der Waals surface area contributed by atoms with E-state index in [1.807, 2.05) is 12.1 Å². The van der Waals surface area contributed by atoms with Crippen LogP contribution in [0.3, 0.4) is 0 Å². The van der Waals surface area contributed by atoms with E-state index in [0.29, 0.717) is 18.0 Å². The molecule has 0 aliphatic carbocycles. The fraction of sp³-hybridized carbons (Fsp3) is 0.462. The van der Waals surface area contributed by atoms with Crippen molar-refractivity contribution in [2.45, 2.75) is 12.5 Å². The van der Waals surface area contributed by atoms with Crippen LogP contribution < -0.4 is 5.32 Å². The Kier molecular flexibility index (Phi) is 4.09. The molecule has 1 aromatic carbocycles. The highest BCUT2D eigenvalue weighted by Crippen LogP contribution is 2.15. The monoisotopic (exact) mass is 236 g/mol. The van der Waals surface area contributed by atoms with E-state index in [1.165, 1.54) is 0 Å². The molecular formula is C13H17FN2O. The third-order valence-electron chi connectivity index (χ3n) is 2.98. The van der Waals surface area contributed by atoms with Crippen LogP contribution in [0.15, 0.2) is 24.3 Å². The molecule has 0 atom stereocenters. The van der Waals surface area contributed by atoms with E-state index in [-0.39, 0.29) is 6.67 Å². The molecule has 4 heteroatoms. The highest BCUT2D eigenvalue weighted by molar-refractivity contribution is 5.75. The van der Waals surface area contributed by atoms with Crippen molar-refractivity contribution >= 4 is 12.0 Å². The minimum absolute atomic E-state index is 0.234. The maximum Gasteiger partial charge on any atom is 0.150 e. The number of benzene rings is 1. The summed E-state index contributed by atoms with van der Waals surface area (Å²) < 4.78 is 12.0. The minimum Gasteiger partial charge on any atom is -0.380 e. The fourth-order valence-corrected chi connectivity index (χ4v) is 2.02. The van der Waals surface area contributed by atoms with Gasteiger partial charge in [-0.15, -0.1) is 0 Å². The number of nitrogens with zero attached hydrogens (tertiary/aromatic N) is 1. The Morgan fingerprint density at radius 3 is 2.65 bits per heavy atom. The van der Waals surface area contributed by atoms with Gasteiger partial charge < -0.3 is 5.32 Å². The third-order valence-corrected chi connectivity index (χ3v) is 2.98. The van der Waals surface area contributed by atoms with Crippen LogP contribution in [-0.4, -0.2) is 43.5 Å². The van der Waals surface area contributed by atoms with Gasteiger partial charge >= 0.3 is 0 Å². The fourth-order valence-electron chi connectivity index (χ4n) is 2.02. The van der Waals surface area contributed by atoms with Crippen molar-refractivity contribution in [1.29, 1.82) is 0 Å². The van der Waals surface area contributed by atoms with Gasteiger partial charge in [-0.05, 0) is 30.7 Å². The number of carbonyl (C=O) groups is 1. The number of hydrogen-bond acceptors (Lipinski definition) is 3. The summed E-state index contributed by atoms with van der Waals surface area (Å²) in [5, 5.41) is 3.38. The summed E-state index contributed by atoms with van der Waals surface area (Å²) >= 11 is 0. The first kappa shape index (κ1) is 12.0. The average molecular weight is 236 g/mol. The molecule has 1 aliphatic heterocycles. The van der Waals surface area contributed by atoms with E-state index in [9.17, 15) is 9.18 Å². The molecule has 1 N–H and O–H groups in total. The molecule has 1 heterocycles. The number of nitrogens with one attached hydrogen (secondary N) is 1. The zero-order chi connectivity index (χ0) is 12.1.